The van der Waals surface area contributed by atoms with Gasteiger partial charge in [0.2, 0.25) is 0 Å². The zero-order chi connectivity index (χ0) is 13.1. The first-order valence-electron chi connectivity index (χ1n) is 6.06. The van der Waals surface area contributed by atoms with Crippen LogP contribution in [0.15, 0.2) is 24.3 Å². The van der Waals surface area contributed by atoms with Gasteiger partial charge in [-0.2, -0.15) is 0 Å². The smallest absolute Gasteiger partial charge is 0.252 e. The SMILES string of the molecule is CCOC1CC(N)C1NC(=O)c1ccccc1I. The summed E-state index contributed by atoms with van der Waals surface area (Å²) in [7, 11) is 0. The van der Waals surface area contributed by atoms with Crippen molar-refractivity contribution in [3.8, 4) is 0 Å². The van der Waals surface area contributed by atoms with Crippen molar-refractivity contribution in [3.63, 3.8) is 0 Å². The van der Waals surface area contributed by atoms with E-state index in [1.807, 2.05) is 31.2 Å². The van der Waals surface area contributed by atoms with E-state index in [1.165, 1.54) is 0 Å². The Labute approximate surface area is 120 Å². The van der Waals surface area contributed by atoms with Gasteiger partial charge in [-0.05, 0) is 48.1 Å². The van der Waals surface area contributed by atoms with E-state index >= 15 is 0 Å². The van der Waals surface area contributed by atoms with Crippen molar-refractivity contribution in [1.82, 2.24) is 5.32 Å². The lowest BCUT2D eigenvalue weighted by Gasteiger charge is -2.42. The number of hydrogen-bond acceptors (Lipinski definition) is 3. The number of nitrogens with two attached hydrogens (primary N) is 1. The van der Waals surface area contributed by atoms with Gasteiger partial charge in [0.25, 0.3) is 5.91 Å². The number of amides is 1. The van der Waals surface area contributed by atoms with Gasteiger partial charge in [-0.1, -0.05) is 12.1 Å². The number of benzene rings is 1. The van der Waals surface area contributed by atoms with Crippen LogP contribution in [-0.2, 0) is 4.74 Å². The van der Waals surface area contributed by atoms with Crippen LogP contribution >= 0.6 is 22.6 Å². The fourth-order valence-corrected chi connectivity index (χ4v) is 2.73. The Hall–Kier alpha value is -0.660. The molecule has 0 saturated heterocycles. The average molecular weight is 360 g/mol. The third kappa shape index (κ3) is 2.84. The van der Waals surface area contributed by atoms with E-state index in [1.54, 1.807) is 0 Å². The molecule has 0 aromatic heterocycles. The first kappa shape index (κ1) is 13.8. The standard InChI is InChI=1S/C13H17IN2O2/c1-2-18-11-7-10(15)12(11)16-13(17)8-5-3-4-6-9(8)14/h3-6,10-12H,2,7,15H2,1H3,(H,16,17). The van der Waals surface area contributed by atoms with Crippen LogP contribution in [0.5, 0.6) is 0 Å². The molecule has 1 saturated carbocycles. The van der Waals surface area contributed by atoms with E-state index in [2.05, 4.69) is 27.9 Å². The van der Waals surface area contributed by atoms with Gasteiger partial charge < -0.3 is 15.8 Å². The highest BCUT2D eigenvalue weighted by Crippen LogP contribution is 2.23. The van der Waals surface area contributed by atoms with Crippen molar-refractivity contribution in [3.05, 3.63) is 33.4 Å². The van der Waals surface area contributed by atoms with Gasteiger partial charge in [0.1, 0.15) is 0 Å². The minimum Gasteiger partial charge on any atom is -0.376 e. The summed E-state index contributed by atoms with van der Waals surface area (Å²) in [6, 6.07) is 7.42. The maximum Gasteiger partial charge on any atom is 0.252 e. The van der Waals surface area contributed by atoms with Crippen LogP contribution in [0.4, 0.5) is 0 Å². The Morgan fingerprint density at radius 3 is 2.89 bits per heavy atom. The highest BCUT2D eigenvalue weighted by Gasteiger charge is 2.40. The molecule has 1 aliphatic rings. The summed E-state index contributed by atoms with van der Waals surface area (Å²) in [4.78, 5) is 12.1. The molecule has 1 aliphatic carbocycles. The van der Waals surface area contributed by atoms with Crippen molar-refractivity contribution in [1.29, 1.82) is 0 Å². The lowest BCUT2D eigenvalue weighted by atomic mass is 9.83. The van der Waals surface area contributed by atoms with E-state index in [9.17, 15) is 4.79 Å². The molecule has 0 aliphatic heterocycles. The second-order valence-electron chi connectivity index (χ2n) is 4.37. The average Bonchev–Trinajstić information content (AvgIpc) is 2.36. The molecule has 1 aromatic carbocycles. The maximum atomic E-state index is 12.1. The molecule has 18 heavy (non-hydrogen) atoms. The van der Waals surface area contributed by atoms with Crippen molar-refractivity contribution in [2.75, 3.05) is 6.61 Å². The molecule has 4 nitrogen and oxygen atoms in total. The van der Waals surface area contributed by atoms with Crippen LogP contribution in [0, 0.1) is 3.57 Å². The van der Waals surface area contributed by atoms with Crippen LogP contribution in [0.1, 0.15) is 23.7 Å². The zero-order valence-corrected chi connectivity index (χ0v) is 12.4. The second-order valence-corrected chi connectivity index (χ2v) is 5.53. The number of rotatable bonds is 4. The first-order chi connectivity index (χ1) is 8.63. The van der Waals surface area contributed by atoms with E-state index in [0.717, 1.165) is 9.99 Å². The Morgan fingerprint density at radius 1 is 1.56 bits per heavy atom. The topological polar surface area (TPSA) is 64.3 Å². The second kappa shape index (κ2) is 5.99. The minimum atomic E-state index is -0.0788. The summed E-state index contributed by atoms with van der Waals surface area (Å²) in [5.41, 5.74) is 6.60. The fourth-order valence-electron chi connectivity index (χ4n) is 2.10. The highest BCUT2D eigenvalue weighted by molar-refractivity contribution is 14.1. The molecule has 0 radical (unpaired) electrons. The van der Waals surface area contributed by atoms with Gasteiger partial charge in [-0.25, -0.2) is 0 Å². The number of nitrogens with one attached hydrogen (secondary N) is 1. The van der Waals surface area contributed by atoms with Crippen LogP contribution in [-0.4, -0.2) is 30.7 Å². The molecule has 98 valence electrons. The van der Waals surface area contributed by atoms with E-state index < -0.39 is 0 Å². The molecule has 0 spiro atoms. The van der Waals surface area contributed by atoms with Gasteiger partial charge in [-0.15, -0.1) is 0 Å². The van der Waals surface area contributed by atoms with Crippen molar-refractivity contribution in [2.45, 2.75) is 31.5 Å². The van der Waals surface area contributed by atoms with Crippen LogP contribution in [0.25, 0.3) is 0 Å². The largest absolute Gasteiger partial charge is 0.376 e. The van der Waals surface area contributed by atoms with Gasteiger partial charge in [0.15, 0.2) is 0 Å². The van der Waals surface area contributed by atoms with E-state index in [-0.39, 0.29) is 24.1 Å². The van der Waals surface area contributed by atoms with Crippen LogP contribution in [0.2, 0.25) is 0 Å². The number of ether oxygens (including phenoxy) is 1. The summed E-state index contributed by atoms with van der Waals surface area (Å²) in [6.45, 7) is 2.59. The number of hydrogen-bond donors (Lipinski definition) is 2. The zero-order valence-electron chi connectivity index (χ0n) is 10.2. The molecule has 2 rings (SSSR count). The molecule has 1 fully saturated rings. The summed E-state index contributed by atoms with van der Waals surface area (Å²) in [5, 5.41) is 2.96. The quantitative estimate of drug-likeness (QED) is 0.801. The minimum absolute atomic E-state index is 0.00752. The summed E-state index contributed by atoms with van der Waals surface area (Å²) in [6.07, 6.45) is 0.861. The monoisotopic (exact) mass is 360 g/mol. The van der Waals surface area contributed by atoms with Crippen LogP contribution in [0.3, 0.4) is 0 Å². The lowest BCUT2D eigenvalue weighted by molar-refractivity contribution is -0.0300. The molecule has 5 heteroatoms. The maximum absolute atomic E-state index is 12.1. The predicted octanol–water partition coefficient (Wildman–Crippen LogP) is 1.53. The van der Waals surface area contributed by atoms with Crippen molar-refractivity contribution in [2.24, 2.45) is 5.73 Å². The molecule has 3 N–H and O–H groups in total. The van der Waals surface area contributed by atoms with E-state index in [4.69, 9.17) is 10.5 Å². The van der Waals surface area contributed by atoms with E-state index in [0.29, 0.717) is 12.2 Å². The third-order valence-electron chi connectivity index (χ3n) is 3.16. The Morgan fingerprint density at radius 2 is 2.28 bits per heavy atom. The molecule has 1 aromatic rings. The summed E-state index contributed by atoms with van der Waals surface area (Å²) < 4.78 is 6.47. The summed E-state index contributed by atoms with van der Waals surface area (Å²) in [5.74, 6) is -0.0788. The summed E-state index contributed by atoms with van der Waals surface area (Å²) >= 11 is 2.16. The van der Waals surface area contributed by atoms with Crippen molar-refractivity contribution < 1.29 is 9.53 Å². The predicted molar refractivity (Wildman–Crippen MR) is 78.4 cm³/mol. The first-order valence-corrected chi connectivity index (χ1v) is 7.14. The van der Waals surface area contributed by atoms with Crippen molar-refractivity contribution >= 4 is 28.5 Å². The van der Waals surface area contributed by atoms with Gasteiger partial charge in [-0.3, -0.25) is 4.79 Å². The number of halogens is 1. The third-order valence-corrected chi connectivity index (χ3v) is 4.10. The lowest BCUT2D eigenvalue weighted by Crippen LogP contribution is -2.64. The molecule has 3 atom stereocenters. The Kier molecular flexibility index (Phi) is 4.58. The number of carbonyl (C=O) groups excluding carboxylic acids is 1. The van der Waals surface area contributed by atoms with Gasteiger partial charge >= 0.3 is 0 Å². The molecule has 1 amide bonds. The Balaban J connectivity index is 2.01. The van der Waals surface area contributed by atoms with Crippen LogP contribution < -0.4 is 11.1 Å². The molecular formula is C13H17IN2O2. The normalized spacial score (nSPS) is 26.5. The molecular weight excluding hydrogens is 343 g/mol. The van der Waals surface area contributed by atoms with Gasteiger partial charge in [0, 0.05) is 16.2 Å². The van der Waals surface area contributed by atoms with Gasteiger partial charge in [0.05, 0.1) is 17.7 Å². The Bertz CT molecular complexity index is 437. The highest BCUT2D eigenvalue weighted by atomic mass is 127. The number of carbonyl (C=O) groups is 1. The fraction of sp³-hybridized carbons (Fsp3) is 0.462. The molecule has 0 bridgehead atoms. The molecule has 3 unspecified atom stereocenters. The molecule has 0 heterocycles.